The van der Waals surface area contributed by atoms with Crippen molar-refractivity contribution in [3.8, 4) is 0 Å². The summed E-state index contributed by atoms with van der Waals surface area (Å²) in [4.78, 5) is 21.9. The predicted octanol–water partition coefficient (Wildman–Crippen LogP) is 1.15. The van der Waals surface area contributed by atoms with Gasteiger partial charge in [-0.05, 0) is 27.7 Å². The Balaban J connectivity index is 3.22. The number of carbonyl (C=O) groups is 2. The third-order valence-corrected chi connectivity index (χ3v) is 1.96. The van der Waals surface area contributed by atoms with Crippen molar-refractivity contribution in [2.45, 2.75) is 33.3 Å². The van der Waals surface area contributed by atoms with Crippen LogP contribution in [0.15, 0.2) is 0 Å². The Kier molecular flexibility index (Phi) is 10.8. The highest BCUT2D eigenvalue weighted by atomic mass is 16.6. The number of carbonyl (C=O) groups excluding carboxylic acids is 2. The summed E-state index contributed by atoms with van der Waals surface area (Å²) in [7, 11) is 0. The van der Waals surface area contributed by atoms with E-state index in [0.717, 1.165) is 0 Å². The summed E-state index contributed by atoms with van der Waals surface area (Å²) < 4.78 is 20.6. The topological polar surface area (TPSA) is 83.1 Å². The average molecular weight is 305 g/mol. The zero-order valence-corrected chi connectivity index (χ0v) is 13.4. The zero-order chi connectivity index (χ0) is 16.1. The number of hydrogen-bond donors (Lipinski definition) is 1. The van der Waals surface area contributed by atoms with Crippen LogP contribution in [0, 0.1) is 0 Å². The van der Waals surface area contributed by atoms with Crippen molar-refractivity contribution in [3.63, 3.8) is 0 Å². The second-order valence-electron chi connectivity index (χ2n) is 5.41. The van der Waals surface area contributed by atoms with Crippen LogP contribution in [-0.2, 0) is 23.7 Å². The van der Waals surface area contributed by atoms with E-state index in [4.69, 9.17) is 18.9 Å². The van der Waals surface area contributed by atoms with Crippen molar-refractivity contribution in [3.05, 3.63) is 0 Å². The standard InChI is InChI=1S/C14H27NO6/c1-12(16)11-20-10-9-19-8-7-18-6-5-15-13(17)21-14(2,3)4/h5-11H2,1-4H3,(H,15,17). The second kappa shape index (κ2) is 11.5. The van der Waals surface area contributed by atoms with E-state index in [1.807, 2.05) is 0 Å². The molecule has 21 heavy (non-hydrogen) atoms. The van der Waals surface area contributed by atoms with Gasteiger partial charge < -0.3 is 24.3 Å². The Hall–Kier alpha value is -1.18. The van der Waals surface area contributed by atoms with Gasteiger partial charge in [-0.25, -0.2) is 4.79 Å². The fraction of sp³-hybridized carbons (Fsp3) is 0.857. The molecule has 0 aromatic heterocycles. The first-order valence-electron chi connectivity index (χ1n) is 7.01. The lowest BCUT2D eigenvalue weighted by molar-refractivity contribution is -0.122. The Morgan fingerprint density at radius 2 is 1.43 bits per heavy atom. The molecule has 0 atom stereocenters. The van der Waals surface area contributed by atoms with Crippen molar-refractivity contribution in [2.24, 2.45) is 0 Å². The third kappa shape index (κ3) is 16.8. The van der Waals surface area contributed by atoms with Gasteiger partial charge in [-0.3, -0.25) is 4.79 Å². The molecule has 0 spiro atoms. The van der Waals surface area contributed by atoms with Crippen LogP contribution in [0.2, 0.25) is 0 Å². The second-order valence-corrected chi connectivity index (χ2v) is 5.41. The highest BCUT2D eigenvalue weighted by Gasteiger charge is 2.15. The van der Waals surface area contributed by atoms with Crippen LogP contribution in [0.1, 0.15) is 27.7 Å². The molecule has 7 heteroatoms. The molecular weight excluding hydrogens is 278 g/mol. The van der Waals surface area contributed by atoms with Gasteiger partial charge in [0.15, 0.2) is 5.78 Å². The van der Waals surface area contributed by atoms with Gasteiger partial charge >= 0.3 is 6.09 Å². The van der Waals surface area contributed by atoms with Crippen LogP contribution in [0.25, 0.3) is 0 Å². The van der Waals surface area contributed by atoms with Gasteiger partial charge in [0, 0.05) is 6.54 Å². The number of Topliss-reactive ketones (excluding diaryl/α,β-unsaturated/α-hetero) is 1. The summed E-state index contributed by atoms with van der Waals surface area (Å²) in [6.45, 7) is 9.48. The predicted molar refractivity (Wildman–Crippen MR) is 77.4 cm³/mol. The summed E-state index contributed by atoms with van der Waals surface area (Å²) in [5, 5.41) is 2.59. The molecule has 0 rings (SSSR count). The van der Waals surface area contributed by atoms with Crippen molar-refractivity contribution in [1.29, 1.82) is 0 Å². The van der Waals surface area contributed by atoms with E-state index in [1.54, 1.807) is 20.8 Å². The van der Waals surface area contributed by atoms with E-state index >= 15 is 0 Å². The molecule has 0 radical (unpaired) electrons. The largest absolute Gasteiger partial charge is 0.444 e. The van der Waals surface area contributed by atoms with Crippen LogP contribution < -0.4 is 5.32 Å². The molecule has 0 aliphatic rings. The van der Waals surface area contributed by atoms with Crippen LogP contribution in [-0.4, -0.2) is 63.7 Å². The van der Waals surface area contributed by atoms with E-state index < -0.39 is 11.7 Å². The minimum absolute atomic E-state index is 0.00387. The molecule has 124 valence electrons. The lowest BCUT2D eigenvalue weighted by atomic mass is 10.2. The van der Waals surface area contributed by atoms with Gasteiger partial charge in [-0.15, -0.1) is 0 Å². The number of rotatable bonds is 11. The maximum absolute atomic E-state index is 11.3. The van der Waals surface area contributed by atoms with Crippen LogP contribution in [0.4, 0.5) is 4.79 Å². The van der Waals surface area contributed by atoms with Crippen LogP contribution in [0.5, 0.6) is 0 Å². The molecular formula is C14H27NO6. The maximum atomic E-state index is 11.3. The van der Waals surface area contributed by atoms with E-state index in [0.29, 0.717) is 39.6 Å². The molecule has 0 heterocycles. The zero-order valence-electron chi connectivity index (χ0n) is 13.4. The fourth-order valence-corrected chi connectivity index (χ4v) is 1.20. The monoisotopic (exact) mass is 305 g/mol. The minimum atomic E-state index is -0.497. The highest BCUT2D eigenvalue weighted by Crippen LogP contribution is 2.05. The number of ether oxygens (including phenoxy) is 4. The Bertz CT molecular complexity index is 300. The van der Waals surface area contributed by atoms with Crippen LogP contribution >= 0.6 is 0 Å². The first-order valence-corrected chi connectivity index (χ1v) is 7.01. The number of amides is 1. The number of hydrogen-bond acceptors (Lipinski definition) is 6. The summed E-state index contributed by atoms with van der Waals surface area (Å²) in [6, 6.07) is 0. The van der Waals surface area contributed by atoms with Gasteiger partial charge in [-0.1, -0.05) is 0 Å². The van der Waals surface area contributed by atoms with E-state index in [2.05, 4.69) is 5.32 Å². The summed E-state index contributed by atoms with van der Waals surface area (Å²) in [5.74, 6) is -0.00387. The summed E-state index contributed by atoms with van der Waals surface area (Å²) >= 11 is 0. The first-order chi connectivity index (χ1) is 9.81. The van der Waals surface area contributed by atoms with Crippen molar-refractivity contribution < 1.29 is 28.5 Å². The normalized spacial score (nSPS) is 11.2. The number of nitrogens with one attached hydrogen (secondary N) is 1. The molecule has 0 unspecified atom stereocenters. The molecule has 1 amide bonds. The molecule has 0 bridgehead atoms. The maximum Gasteiger partial charge on any atom is 0.407 e. The van der Waals surface area contributed by atoms with Crippen molar-refractivity contribution in [1.82, 2.24) is 5.32 Å². The summed E-state index contributed by atoms with van der Waals surface area (Å²) in [5.41, 5.74) is -0.497. The summed E-state index contributed by atoms with van der Waals surface area (Å²) in [6.07, 6.45) is -0.454. The Morgan fingerprint density at radius 3 is 1.95 bits per heavy atom. The lowest BCUT2D eigenvalue weighted by Gasteiger charge is -2.19. The number of alkyl carbamates (subject to hydrolysis) is 1. The molecule has 0 aromatic carbocycles. The molecule has 0 aromatic rings. The average Bonchev–Trinajstić information content (AvgIpc) is 2.33. The Labute approximate surface area is 126 Å². The molecule has 0 saturated heterocycles. The van der Waals surface area contributed by atoms with E-state index in [-0.39, 0.29) is 12.4 Å². The SMILES string of the molecule is CC(=O)COCCOCCOCCNC(=O)OC(C)(C)C. The van der Waals surface area contributed by atoms with Gasteiger partial charge in [0.25, 0.3) is 0 Å². The lowest BCUT2D eigenvalue weighted by Crippen LogP contribution is -2.34. The van der Waals surface area contributed by atoms with Crippen molar-refractivity contribution in [2.75, 3.05) is 46.2 Å². The molecule has 0 aliphatic carbocycles. The van der Waals surface area contributed by atoms with Gasteiger partial charge in [-0.2, -0.15) is 0 Å². The molecule has 0 aliphatic heterocycles. The quantitative estimate of drug-likeness (QED) is 0.577. The van der Waals surface area contributed by atoms with Gasteiger partial charge in [0.05, 0.1) is 33.0 Å². The van der Waals surface area contributed by atoms with Crippen molar-refractivity contribution >= 4 is 11.9 Å². The van der Waals surface area contributed by atoms with Gasteiger partial charge in [0.1, 0.15) is 12.2 Å². The molecule has 0 fully saturated rings. The molecule has 0 saturated carbocycles. The van der Waals surface area contributed by atoms with Gasteiger partial charge in [0.2, 0.25) is 0 Å². The third-order valence-electron chi connectivity index (χ3n) is 1.96. The number of ketones is 1. The van der Waals surface area contributed by atoms with E-state index in [9.17, 15) is 9.59 Å². The Morgan fingerprint density at radius 1 is 0.905 bits per heavy atom. The highest BCUT2D eigenvalue weighted by molar-refractivity contribution is 5.76. The fourth-order valence-electron chi connectivity index (χ4n) is 1.20. The molecule has 7 nitrogen and oxygen atoms in total. The molecule has 1 N–H and O–H groups in total. The van der Waals surface area contributed by atoms with Crippen LogP contribution in [0.3, 0.4) is 0 Å². The minimum Gasteiger partial charge on any atom is -0.444 e. The van der Waals surface area contributed by atoms with E-state index in [1.165, 1.54) is 6.92 Å². The smallest absolute Gasteiger partial charge is 0.407 e. The first kappa shape index (κ1) is 19.8.